The average Bonchev–Trinajstić information content (AvgIpc) is 2.53. The fourth-order valence-corrected chi connectivity index (χ4v) is 2.93. The van der Waals surface area contributed by atoms with Crippen LogP contribution >= 0.6 is 0 Å². The lowest BCUT2D eigenvalue weighted by molar-refractivity contribution is 0.584. The molecule has 0 aliphatic heterocycles. The molecule has 0 unspecified atom stereocenters. The van der Waals surface area contributed by atoms with E-state index in [0.29, 0.717) is 5.71 Å². The smallest absolute Gasteiger partial charge is 0.200 e. The molecule has 2 aromatic carbocycles. The van der Waals surface area contributed by atoms with E-state index in [2.05, 4.69) is 30.7 Å². The van der Waals surface area contributed by atoms with Gasteiger partial charge in [0.2, 0.25) is 0 Å². The summed E-state index contributed by atoms with van der Waals surface area (Å²) in [6, 6.07) is 16.2. The van der Waals surface area contributed by atoms with Gasteiger partial charge < -0.3 is 0 Å². The molecule has 0 fully saturated rings. The Balaban J connectivity index is 2.17. The van der Waals surface area contributed by atoms with Gasteiger partial charge in [-0.1, -0.05) is 63.2 Å². The first-order valence-electron chi connectivity index (χ1n) is 7.42. The Bertz CT molecular complexity index is 787. The predicted molar refractivity (Wildman–Crippen MR) is 94.1 cm³/mol. The Kier molecular flexibility index (Phi) is 4.90. The number of hydrogen-bond donors (Lipinski definition) is 1. The molecule has 0 aromatic heterocycles. The van der Waals surface area contributed by atoms with Crippen LogP contribution in [0.25, 0.3) is 0 Å². The van der Waals surface area contributed by atoms with Crippen molar-refractivity contribution in [3.63, 3.8) is 0 Å². The fraction of sp³-hybridized carbons (Fsp3) is 0.278. The summed E-state index contributed by atoms with van der Waals surface area (Å²) in [5, 5.41) is 4.01. The van der Waals surface area contributed by atoms with E-state index in [-0.39, 0.29) is 10.3 Å². The minimum Gasteiger partial charge on any atom is -0.200 e. The lowest BCUT2D eigenvalue weighted by atomic mass is 9.86. The third kappa shape index (κ3) is 4.42. The lowest BCUT2D eigenvalue weighted by Crippen LogP contribution is -2.20. The molecular formula is C18H22N2O2S. The molecule has 0 aliphatic carbocycles. The molecule has 0 amide bonds. The topological polar surface area (TPSA) is 58.5 Å². The van der Waals surface area contributed by atoms with Crippen LogP contribution in [0.2, 0.25) is 0 Å². The number of sulfonamides is 1. The summed E-state index contributed by atoms with van der Waals surface area (Å²) in [6.45, 7) is 8.23. The third-order valence-corrected chi connectivity index (χ3v) is 4.78. The largest absolute Gasteiger partial charge is 0.276 e. The summed E-state index contributed by atoms with van der Waals surface area (Å²) in [4.78, 5) is 2.47. The molecule has 2 aromatic rings. The summed E-state index contributed by atoms with van der Waals surface area (Å²) in [5.74, 6) is 0. The summed E-state index contributed by atoms with van der Waals surface area (Å²) in [6.07, 6.45) is 0. The van der Waals surface area contributed by atoms with Crippen molar-refractivity contribution in [1.82, 2.24) is 4.83 Å². The van der Waals surface area contributed by atoms with Crippen LogP contribution in [0.5, 0.6) is 0 Å². The zero-order valence-electron chi connectivity index (χ0n) is 13.9. The maximum Gasteiger partial charge on any atom is 0.276 e. The van der Waals surface area contributed by atoms with E-state index in [4.69, 9.17) is 0 Å². The van der Waals surface area contributed by atoms with Crippen LogP contribution in [0.1, 0.15) is 38.8 Å². The molecular weight excluding hydrogens is 308 g/mol. The first-order valence-corrected chi connectivity index (χ1v) is 8.90. The van der Waals surface area contributed by atoms with E-state index in [1.54, 1.807) is 25.1 Å². The van der Waals surface area contributed by atoms with Gasteiger partial charge in [0.05, 0.1) is 10.6 Å². The van der Waals surface area contributed by atoms with Crippen LogP contribution in [-0.4, -0.2) is 14.1 Å². The molecule has 23 heavy (non-hydrogen) atoms. The van der Waals surface area contributed by atoms with E-state index >= 15 is 0 Å². The van der Waals surface area contributed by atoms with E-state index in [0.717, 1.165) is 5.56 Å². The Hall–Kier alpha value is -2.14. The van der Waals surface area contributed by atoms with Gasteiger partial charge in [-0.15, -0.1) is 0 Å². The minimum absolute atomic E-state index is 0.0818. The Labute approximate surface area is 138 Å². The molecule has 5 heteroatoms. The molecule has 4 nitrogen and oxygen atoms in total. The van der Waals surface area contributed by atoms with Crippen LogP contribution in [-0.2, 0) is 15.4 Å². The fourth-order valence-electron chi connectivity index (χ4n) is 2.06. The van der Waals surface area contributed by atoms with E-state index < -0.39 is 10.0 Å². The summed E-state index contributed by atoms with van der Waals surface area (Å²) in [7, 11) is -3.63. The second kappa shape index (κ2) is 6.54. The first kappa shape index (κ1) is 17.2. The number of nitrogens with one attached hydrogen (secondary N) is 1. The van der Waals surface area contributed by atoms with Crippen molar-refractivity contribution in [3.05, 3.63) is 65.7 Å². The Morgan fingerprint density at radius 1 is 0.957 bits per heavy atom. The normalized spacial score (nSPS) is 13.0. The Morgan fingerprint density at radius 2 is 1.52 bits per heavy atom. The van der Waals surface area contributed by atoms with Gasteiger partial charge in [-0.25, -0.2) is 0 Å². The highest BCUT2D eigenvalue weighted by molar-refractivity contribution is 7.89. The van der Waals surface area contributed by atoms with Gasteiger partial charge in [0, 0.05) is 0 Å². The average molecular weight is 330 g/mol. The van der Waals surface area contributed by atoms with Crippen LogP contribution in [0.3, 0.4) is 0 Å². The molecule has 0 saturated heterocycles. The molecule has 0 atom stereocenters. The SMILES string of the molecule is CC(=NNS(=O)(=O)c1ccccc1)c1ccc(C(C)(C)C)cc1. The monoisotopic (exact) mass is 330 g/mol. The van der Waals surface area contributed by atoms with E-state index in [1.807, 2.05) is 24.3 Å². The highest BCUT2D eigenvalue weighted by Crippen LogP contribution is 2.22. The summed E-state index contributed by atoms with van der Waals surface area (Å²) < 4.78 is 24.3. The molecule has 2 rings (SSSR count). The number of hydrazone groups is 1. The standard InChI is InChI=1S/C18H22N2O2S/c1-14(15-10-12-16(13-11-15)18(2,3)4)19-20-23(21,22)17-8-6-5-7-9-17/h5-13,20H,1-4H3. The molecule has 0 saturated carbocycles. The number of rotatable bonds is 4. The van der Waals surface area contributed by atoms with E-state index in [9.17, 15) is 8.42 Å². The van der Waals surface area contributed by atoms with Gasteiger partial charge in [0.1, 0.15) is 0 Å². The van der Waals surface area contributed by atoms with Crippen molar-refractivity contribution in [2.75, 3.05) is 0 Å². The zero-order valence-corrected chi connectivity index (χ0v) is 14.7. The maximum absolute atomic E-state index is 12.1. The molecule has 0 heterocycles. The number of hydrogen-bond acceptors (Lipinski definition) is 3. The van der Waals surface area contributed by atoms with Gasteiger partial charge in [-0.2, -0.15) is 18.4 Å². The van der Waals surface area contributed by atoms with Crippen molar-refractivity contribution in [2.24, 2.45) is 5.10 Å². The molecule has 0 aliphatic rings. The molecule has 0 bridgehead atoms. The zero-order chi connectivity index (χ0) is 17.1. The molecule has 1 N–H and O–H groups in total. The van der Waals surface area contributed by atoms with Gasteiger partial charge >= 0.3 is 0 Å². The Morgan fingerprint density at radius 3 is 2.04 bits per heavy atom. The third-order valence-electron chi connectivity index (χ3n) is 3.56. The number of benzene rings is 2. The van der Waals surface area contributed by atoms with Crippen LogP contribution in [0.4, 0.5) is 0 Å². The highest BCUT2D eigenvalue weighted by atomic mass is 32.2. The summed E-state index contributed by atoms with van der Waals surface area (Å²) >= 11 is 0. The maximum atomic E-state index is 12.1. The highest BCUT2D eigenvalue weighted by Gasteiger charge is 2.14. The van der Waals surface area contributed by atoms with Crippen molar-refractivity contribution in [2.45, 2.75) is 38.0 Å². The minimum atomic E-state index is -3.63. The second-order valence-corrected chi connectivity index (χ2v) is 8.09. The predicted octanol–water partition coefficient (Wildman–Crippen LogP) is 3.69. The molecule has 0 radical (unpaired) electrons. The second-order valence-electron chi connectivity index (χ2n) is 6.43. The van der Waals surface area contributed by atoms with Gasteiger partial charge in [-0.3, -0.25) is 0 Å². The quantitative estimate of drug-likeness (QED) is 0.686. The van der Waals surface area contributed by atoms with Crippen LogP contribution in [0, 0.1) is 0 Å². The summed E-state index contributed by atoms with van der Waals surface area (Å²) in [5.41, 5.74) is 2.80. The van der Waals surface area contributed by atoms with Gasteiger partial charge in [0.25, 0.3) is 10.0 Å². The van der Waals surface area contributed by atoms with Gasteiger partial charge in [-0.05, 0) is 35.6 Å². The lowest BCUT2D eigenvalue weighted by Gasteiger charge is -2.19. The molecule has 122 valence electrons. The van der Waals surface area contributed by atoms with Crippen molar-refractivity contribution in [1.29, 1.82) is 0 Å². The van der Waals surface area contributed by atoms with Crippen molar-refractivity contribution >= 4 is 15.7 Å². The van der Waals surface area contributed by atoms with Crippen molar-refractivity contribution in [3.8, 4) is 0 Å². The van der Waals surface area contributed by atoms with Crippen molar-refractivity contribution < 1.29 is 8.42 Å². The van der Waals surface area contributed by atoms with Crippen LogP contribution in [0.15, 0.2) is 64.6 Å². The van der Waals surface area contributed by atoms with Crippen LogP contribution < -0.4 is 4.83 Å². The van der Waals surface area contributed by atoms with Gasteiger partial charge in [0.15, 0.2) is 0 Å². The number of nitrogens with zero attached hydrogens (tertiary/aromatic N) is 1. The molecule has 0 spiro atoms. The van der Waals surface area contributed by atoms with E-state index in [1.165, 1.54) is 17.7 Å². The first-order chi connectivity index (χ1) is 10.7.